The minimum absolute atomic E-state index is 0.0108. The molecular formula is C44H49F4N11O7. The van der Waals surface area contributed by atoms with Crippen LogP contribution in [0.3, 0.4) is 0 Å². The molecule has 6 aliphatic heterocycles. The normalized spacial score (nSPS) is 22.3. The van der Waals surface area contributed by atoms with Crippen LogP contribution in [-0.4, -0.2) is 144 Å². The van der Waals surface area contributed by atoms with Crippen LogP contribution in [0.1, 0.15) is 83.4 Å². The van der Waals surface area contributed by atoms with Crippen molar-refractivity contribution in [3.63, 3.8) is 0 Å². The topological polar surface area (TPSA) is 193 Å². The van der Waals surface area contributed by atoms with Crippen molar-refractivity contribution >= 4 is 64.3 Å². The summed E-state index contributed by atoms with van der Waals surface area (Å²) < 4.78 is 66.2. The molecule has 0 aliphatic carbocycles. The predicted octanol–water partition coefficient (Wildman–Crippen LogP) is 3.45. The molecule has 0 bridgehead atoms. The number of fused-ring (bicyclic) bond motifs is 2. The number of hydrazine groups is 1. The number of carbonyl (C=O) groups is 6. The summed E-state index contributed by atoms with van der Waals surface area (Å²) in [6.07, 6.45) is 4.35. The highest BCUT2D eigenvalue weighted by molar-refractivity contribution is 6.23. The van der Waals surface area contributed by atoms with Gasteiger partial charge in [-0.3, -0.25) is 49.3 Å². The number of methoxy groups -OCH3 is 1. The second-order valence-corrected chi connectivity index (χ2v) is 18.2. The maximum Gasteiger partial charge on any atom is 0.342 e. The van der Waals surface area contributed by atoms with E-state index in [2.05, 4.69) is 30.9 Å². The Morgan fingerprint density at radius 1 is 0.894 bits per heavy atom. The average molecular weight is 920 g/mol. The molecule has 22 heteroatoms. The molecule has 1 atom stereocenters. The second-order valence-electron chi connectivity index (χ2n) is 18.2. The van der Waals surface area contributed by atoms with Gasteiger partial charge in [0.05, 0.1) is 47.9 Å². The first-order chi connectivity index (χ1) is 31.4. The Bertz CT molecular complexity index is 2540. The van der Waals surface area contributed by atoms with Gasteiger partial charge in [-0.2, -0.15) is 13.8 Å². The third-order valence-corrected chi connectivity index (χ3v) is 13.8. The van der Waals surface area contributed by atoms with Crippen LogP contribution in [0.25, 0.3) is 0 Å². The van der Waals surface area contributed by atoms with Gasteiger partial charge in [-0.05, 0) is 69.6 Å². The van der Waals surface area contributed by atoms with Gasteiger partial charge in [-0.15, -0.1) is 0 Å². The molecule has 0 saturated carbocycles. The molecule has 2 aromatic carbocycles. The van der Waals surface area contributed by atoms with Crippen LogP contribution < -0.4 is 35.5 Å². The van der Waals surface area contributed by atoms with E-state index in [4.69, 9.17) is 4.74 Å². The fourth-order valence-electron chi connectivity index (χ4n) is 10.0. The van der Waals surface area contributed by atoms with Gasteiger partial charge in [0.25, 0.3) is 23.6 Å². The summed E-state index contributed by atoms with van der Waals surface area (Å²) in [5.74, 6) is -9.75. The van der Waals surface area contributed by atoms with Gasteiger partial charge in [-0.1, -0.05) is 0 Å². The zero-order valence-corrected chi connectivity index (χ0v) is 36.8. The highest BCUT2D eigenvalue weighted by Crippen LogP contribution is 2.45. The van der Waals surface area contributed by atoms with Gasteiger partial charge >= 0.3 is 5.92 Å². The maximum absolute atomic E-state index is 15.6. The van der Waals surface area contributed by atoms with E-state index < -0.39 is 71.6 Å². The monoisotopic (exact) mass is 919 g/mol. The number of alkyl halides is 2. The fraction of sp³-hybridized carbons (Fsp3) is 0.500. The lowest BCUT2D eigenvalue weighted by molar-refractivity contribution is -0.140. The highest BCUT2D eigenvalue weighted by Gasteiger charge is 2.50. The van der Waals surface area contributed by atoms with Crippen LogP contribution in [0.5, 0.6) is 5.75 Å². The van der Waals surface area contributed by atoms with Crippen molar-refractivity contribution in [2.75, 3.05) is 80.0 Å². The second kappa shape index (κ2) is 16.8. The van der Waals surface area contributed by atoms with Crippen molar-refractivity contribution < 1.29 is 51.1 Å². The first-order valence-electron chi connectivity index (χ1n) is 21.9. The van der Waals surface area contributed by atoms with Gasteiger partial charge in [0, 0.05) is 70.9 Å². The molecule has 9 rings (SSSR count). The molecule has 66 heavy (non-hydrogen) atoms. The van der Waals surface area contributed by atoms with Crippen molar-refractivity contribution in [2.45, 2.75) is 76.4 Å². The Kier molecular flexibility index (Phi) is 11.4. The van der Waals surface area contributed by atoms with E-state index in [0.717, 1.165) is 60.7 Å². The fourth-order valence-corrected chi connectivity index (χ4v) is 10.0. The molecule has 1 unspecified atom stereocenters. The Balaban J connectivity index is 0.770. The van der Waals surface area contributed by atoms with Gasteiger partial charge in [-0.25, -0.2) is 18.8 Å². The summed E-state index contributed by atoms with van der Waals surface area (Å²) in [6, 6.07) is 3.46. The molecule has 350 valence electrons. The van der Waals surface area contributed by atoms with Crippen molar-refractivity contribution in [1.29, 1.82) is 0 Å². The third-order valence-electron chi connectivity index (χ3n) is 13.8. The predicted molar refractivity (Wildman–Crippen MR) is 230 cm³/mol. The lowest BCUT2D eigenvalue weighted by Crippen LogP contribution is -2.64. The number of amides is 6. The smallest absolute Gasteiger partial charge is 0.342 e. The lowest BCUT2D eigenvalue weighted by atomic mass is 9.70. The summed E-state index contributed by atoms with van der Waals surface area (Å²) >= 11 is 0. The molecule has 0 radical (unpaired) electrons. The largest absolute Gasteiger partial charge is 0.495 e. The van der Waals surface area contributed by atoms with Crippen molar-refractivity contribution in [3.8, 4) is 5.75 Å². The number of nitrogens with zero attached hydrogens (tertiary/aromatic N) is 8. The summed E-state index contributed by atoms with van der Waals surface area (Å²) in [4.78, 5) is 92.4. The van der Waals surface area contributed by atoms with E-state index in [-0.39, 0.29) is 75.6 Å². The molecule has 7 heterocycles. The number of halogens is 4. The first kappa shape index (κ1) is 44.8. The number of aromatic nitrogens is 2. The number of carbonyl (C=O) groups excluding carboxylic acids is 6. The van der Waals surface area contributed by atoms with Crippen LogP contribution in [0.2, 0.25) is 0 Å². The molecule has 6 amide bonds. The first-order valence-corrected chi connectivity index (χ1v) is 21.9. The highest BCUT2D eigenvalue weighted by atomic mass is 19.3. The van der Waals surface area contributed by atoms with E-state index in [0.29, 0.717) is 26.2 Å². The third kappa shape index (κ3) is 7.92. The standard InChI is InChI=1S/C44H49F4N11O7/c1-23(2)58-22-44(47,48)41(65)54(3)33-19-49-42(52-36(33)58)50-30-18-28(45)27(17-34(30)66-4)37(61)53-57-11-7-24(8-12-57)56-20-43(21-56)9-13-55(14-10-43)32-16-26-25(15-29(32)46)39(63)59(40(26)64)31-5-6-35(60)51-38(31)62/h15-19,23-24,31H,5-14,20-22H2,1-4H3,(H,53,61)(H,49,50,52)(H,51,60,62). The van der Waals surface area contributed by atoms with E-state index >= 15 is 8.78 Å². The Labute approximate surface area is 376 Å². The van der Waals surface area contributed by atoms with E-state index in [1.807, 2.05) is 4.90 Å². The molecule has 4 fully saturated rings. The number of nitrogens with one attached hydrogen (secondary N) is 3. The quantitative estimate of drug-likeness (QED) is 0.209. The number of hydrogen-bond donors (Lipinski definition) is 3. The zero-order chi connectivity index (χ0) is 47.0. The minimum atomic E-state index is -3.67. The lowest BCUT2D eigenvalue weighted by Gasteiger charge is -2.57. The van der Waals surface area contributed by atoms with E-state index in [1.165, 1.54) is 37.4 Å². The van der Waals surface area contributed by atoms with Gasteiger partial charge in [0.1, 0.15) is 29.1 Å². The van der Waals surface area contributed by atoms with E-state index in [1.54, 1.807) is 18.9 Å². The van der Waals surface area contributed by atoms with Crippen LogP contribution >= 0.6 is 0 Å². The van der Waals surface area contributed by atoms with Crippen LogP contribution in [0.4, 0.5) is 46.4 Å². The Hall–Kier alpha value is -6.42. The van der Waals surface area contributed by atoms with Crippen molar-refractivity contribution in [3.05, 3.63) is 58.8 Å². The Morgan fingerprint density at radius 2 is 1.58 bits per heavy atom. The van der Waals surface area contributed by atoms with Crippen LogP contribution in [-0.2, 0) is 14.4 Å². The number of piperidine rings is 3. The Morgan fingerprint density at radius 3 is 2.23 bits per heavy atom. The van der Waals surface area contributed by atoms with Crippen molar-refractivity contribution in [2.24, 2.45) is 5.41 Å². The van der Waals surface area contributed by atoms with Gasteiger partial charge < -0.3 is 24.8 Å². The number of ether oxygens (including phenoxy) is 1. The molecule has 18 nitrogen and oxygen atoms in total. The van der Waals surface area contributed by atoms with Crippen molar-refractivity contribution in [1.82, 2.24) is 35.5 Å². The van der Waals surface area contributed by atoms with Gasteiger partial charge in [0.2, 0.25) is 17.8 Å². The number of benzene rings is 2. The number of hydrogen-bond acceptors (Lipinski definition) is 14. The SMILES string of the molecule is COc1cc(C(=O)NN2CCC(N3CC4(CCN(c5cc6c(cc5F)C(=O)N(C5CCC(=O)NC5=O)C6=O)CC4)C3)CC2)c(F)cc1Nc1ncc2c(n1)N(C(C)C)CC(F)(F)C(=O)N2C. The summed E-state index contributed by atoms with van der Waals surface area (Å²) in [7, 11) is 2.57. The number of likely N-dealkylation sites (tertiary alicyclic amines) is 1. The summed E-state index contributed by atoms with van der Waals surface area (Å²) in [5, 5.41) is 6.78. The number of anilines is 5. The number of rotatable bonds is 9. The van der Waals surface area contributed by atoms with E-state index in [9.17, 15) is 37.5 Å². The van der Waals surface area contributed by atoms with Crippen LogP contribution in [0, 0.1) is 17.0 Å². The molecule has 1 aromatic heterocycles. The maximum atomic E-state index is 15.6. The summed E-state index contributed by atoms with van der Waals surface area (Å²) in [5.41, 5.74) is 2.93. The van der Waals surface area contributed by atoms with Crippen LogP contribution in [0.15, 0.2) is 30.5 Å². The molecular weight excluding hydrogens is 871 g/mol. The average Bonchev–Trinajstić information content (AvgIpc) is 3.47. The number of imide groups is 2. The summed E-state index contributed by atoms with van der Waals surface area (Å²) in [6.45, 7) is 6.37. The molecule has 4 saturated heterocycles. The zero-order valence-electron chi connectivity index (χ0n) is 36.8. The van der Waals surface area contributed by atoms with Gasteiger partial charge in [0.15, 0.2) is 5.82 Å². The molecule has 3 N–H and O–H groups in total. The molecule has 1 spiro atoms. The molecule has 3 aromatic rings. The minimum Gasteiger partial charge on any atom is -0.495 e. The molecule has 6 aliphatic rings.